The lowest BCUT2D eigenvalue weighted by Crippen LogP contribution is -2.18. The summed E-state index contributed by atoms with van der Waals surface area (Å²) in [7, 11) is 0. The van der Waals surface area contributed by atoms with Crippen LogP contribution in [0.3, 0.4) is 0 Å². The van der Waals surface area contributed by atoms with Gasteiger partial charge in [-0.1, -0.05) is 0 Å². The van der Waals surface area contributed by atoms with Gasteiger partial charge in [-0.15, -0.1) is 10.2 Å². The monoisotopic (exact) mass is 222 g/mol. The molecule has 2 aromatic rings. The number of H-pyrrole nitrogens is 1. The number of rotatable bonds is 3. The number of carboxylic acids is 1. The third-order valence-electron chi connectivity index (χ3n) is 2.35. The molecule has 2 N–H and O–H groups in total. The van der Waals surface area contributed by atoms with Gasteiger partial charge in [0, 0.05) is 17.7 Å². The van der Waals surface area contributed by atoms with Gasteiger partial charge in [0.15, 0.2) is 0 Å². The number of fused-ring (bicyclic) bond motifs is 1. The van der Waals surface area contributed by atoms with Gasteiger partial charge in [-0.05, 0) is 13.3 Å². The third-order valence-corrected chi connectivity index (χ3v) is 2.35. The smallest absolute Gasteiger partial charge is 0.303 e. The molecule has 0 spiro atoms. The van der Waals surface area contributed by atoms with Gasteiger partial charge < -0.3 is 5.11 Å². The molecule has 0 aliphatic rings. The summed E-state index contributed by atoms with van der Waals surface area (Å²) in [5, 5.41) is 18.8. The number of hydrogen-bond donors (Lipinski definition) is 2. The fourth-order valence-corrected chi connectivity index (χ4v) is 1.56. The van der Waals surface area contributed by atoms with E-state index in [2.05, 4.69) is 15.3 Å². The minimum atomic E-state index is -0.930. The van der Waals surface area contributed by atoms with E-state index in [0.717, 1.165) is 0 Å². The van der Waals surface area contributed by atoms with E-state index in [-0.39, 0.29) is 23.9 Å². The molecule has 0 amide bonds. The number of carbonyl (C=O) groups is 1. The Bertz CT molecular complexity index is 598. The van der Waals surface area contributed by atoms with E-state index >= 15 is 0 Å². The second-order valence-electron chi connectivity index (χ2n) is 3.46. The standard InChI is InChI=1S/C9H10N4O3/c1-5-6(2-3-7(14)15)8(16)9-11-10-4-13(9)12-5/h4,12H,2-3H2,1H3,(H,14,15). The minimum Gasteiger partial charge on any atom is -0.481 e. The Hall–Kier alpha value is -2.18. The fourth-order valence-electron chi connectivity index (χ4n) is 1.56. The zero-order valence-corrected chi connectivity index (χ0v) is 8.60. The molecule has 0 aliphatic heterocycles. The normalized spacial score (nSPS) is 10.8. The van der Waals surface area contributed by atoms with Gasteiger partial charge in [-0.3, -0.25) is 14.7 Å². The Balaban J connectivity index is 2.51. The van der Waals surface area contributed by atoms with Crippen LogP contribution in [-0.2, 0) is 11.2 Å². The van der Waals surface area contributed by atoms with Crippen LogP contribution in [0.2, 0.25) is 0 Å². The Morgan fingerprint density at radius 2 is 2.38 bits per heavy atom. The molecule has 0 unspecified atom stereocenters. The summed E-state index contributed by atoms with van der Waals surface area (Å²) >= 11 is 0. The molecule has 7 heteroatoms. The van der Waals surface area contributed by atoms with Gasteiger partial charge in [0.2, 0.25) is 11.1 Å². The van der Waals surface area contributed by atoms with Crippen molar-refractivity contribution in [3.05, 3.63) is 27.8 Å². The topological polar surface area (TPSA) is 100 Å². The van der Waals surface area contributed by atoms with Crippen LogP contribution in [0, 0.1) is 6.92 Å². The molecule has 0 atom stereocenters. The van der Waals surface area contributed by atoms with Crippen molar-refractivity contribution >= 4 is 11.6 Å². The number of carboxylic acid groups (broad SMARTS) is 1. The molecular formula is C9H10N4O3. The number of nitrogens with one attached hydrogen (secondary N) is 1. The molecule has 7 nitrogen and oxygen atoms in total. The lowest BCUT2D eigenvalue weighted by atomic mass is 10.1. The number of aryl methyl sites for hydroxylation is 1. The summed E-state index contributed by atoms with van der Waals surface area (Å²) < 4.78 is 1.42. The number of hydrogen-bond acceptors (Lipinski definition) is 4. The highest BCUT2D eigenvalue weighted by molar-refractivity contribution is 5.67. The first-order valence-electron chi connectivity index (χ1n) is 4.73. The number of aromatic nitrogens is 4. The highest BCUT2D eigenvalue weighted by Gasteiger charge is 2.11. The van der Waals surface area contributed by atoms with Gasteiger partial charge in [0.1, 0.15) is 6.33 Å². The van der Waals surface area contributed by atoms with E-state index < -0.39 is 5.97 Å². The molecule has 84 valence electrons. The molecule has 0 aromatic carbocycles. The summed E-state index contributed by atoms with van der Waals surface area (Å²) in [5.74, 6) is -0.930. The highest BCUT2D eigenvalue weighted by atomic mass is 16.4. The Morgan fingerprint density at radius 1 is 1.62 bits per heavy atom. The highest BCUT2D eigenvalue weighted by Crippen LogP contribution is 2.04. The Labute approximate surface area is 89.7 Å². The maximum Gasteiger partial charge on any atom is 0.303 e. The van der Waals surface area contributed by atoms with Crippen molar-refractivity contribution in [3.63, 3.8) is 0 Å². The van der Waals surface area contributed by atoms with Gasteiger partial charge in [0.25, 0.3) is 0 Å². The molecule has 0 radical (unpaired) electrons. The van der Waals surface area contributed by atoms with Crippen molar-refractivity contribution < 1.29 is 9.90 Å². The summed E-state index contributed by atoms with van der Waals surface area (Å²) in [4.78, 5) is 22.4. The van der Waals surface area contributed by atoms with Gasteiger partial charge in [-0.2, -0.15) is 0 Å². The maximum absolute atomic E-state index is 11.9. The van der Waals surface area contributed by atoms with Crippen LogP contribution in [-0.4, -0.2) is 30.9 Å². The molecular weight excluding hydrogens is 212 g/mol. The SMILES string of the molecule is Cc1[nH]n2cnnc2c(=O)c1CCC(=O)O. The zero-order valence-electron chi connectivity index (χ0n) is 8.60. The molecule has 0 bridgehead atoms. The fraction of sp³-hybridized carbons (Fsp3) is 0.333. The molecule has 2 aromatic heterocycles. The van der Waals surface area contributed by atoms with Crippen molar-refractivity contribution in [2.75, 3.05) is 0 Å². The Morgan fingerprint density at radius 3 is 3.06 bits per heavy atom. The lowest BCUT2D eigenvalue weighted by Gasteiger charge is -2.04. The average Bonchev–Trinajstić information content (AvgIpc) is 2.64. The second-order valence-corrected chi connectivity index (χ2v) is 3.46. The van der Waals surface area contributed by atoms with E-state index in [1.165, 1.54) is 10.8 Å². The summed E-state index contributed by atoms with van der Waals surface area (Å²) in [5.41, 5.74) is 1.00. The molecule has 2 heterocycles. The van der Waals surface area contributed by atoms with Crippen LogP contribution >= 0.6 is 0 Å². The van der Waals surface area contributed by atoms with Crippen molar-refractivity contribution in [1.29, 1.82) is 0 Å². The minimum absolute atomic E-state index is 0.0752. The molecule has 0 fully saturated rings. The lowest BCUT2D eigenvalue weighted by molar-refractivity contribution is -0.136. The van der Waals surface area contributed by atoms with Crippen LogP contribution in [0.4, 0.5) is 0 Å². The number of nitrogens with zero attached hydrogens (tertiary/aromatic N) is 3. The van der Waals surface area contributed by atoms with Crippen LogP contribution in [0.5, 0.6) is 0 Å². The average molecular weight is 222 g/mol. The number of aliphatic carboxylic acids is 1. The molecule has 16 heavy (non-hydrogen) atoms. The quantitative estimate of drug-likeness (QED) is 0.745. The predicted octanol–water partition coefficient (Wildman–Crippen LogP) is -0.257. The first kappa shape index (κ1) is 10.3. The van der Waals surface area contributed by atoms with E-state index in [4.69, 9.17) is 5.11 Å². The molecule has 0 saturated carbocycles. The van der Waals surface area contributed by atoms with Crippen molar-refractivity contribution in [1.82, 2.24) is 19.8 Å². The van der Waals surface area contributed by atoms with Gasteiger partial charge in [-0.25, -0.2) is 4.52 Å². The summed E-state index contributed by atoms with van der Waals surface area (Å²) in [6.07, 6.45) is 1.51. The largest absolute Gasteiger partial charge is 0.481 e. The first-order chi connectivity index (χ1) is 7.59. The van der Waals surface area contributed by atoms with E-state index in [1.807, 2.05) is 0 Å². The number of aromatic amines is 1. The molecule has 0 aliphatic carbocycles. The van der Waals surface area contributed by atoms with Crippen molar-refractivity contribution in [2.24, 2.45) is 0 Å². The van der Waals surface area contributed by atoms with Crippen molar-refractivity contribution in [2.45, 2.75) is 19.8 Å². The van der Waals surface area contributed by atoms with Gasteiger partial charge in [0.05, 0.1) is 0 Å². The summed E-state index contributed by atoms with van der Waals surface area (Å²) in [6.45, 7) is 1.72. The van der Waals surface area contributed by atoms with Crippen molar-refractivity contribution in [3.8, 4) is 0 Å². The van der Waals surface area contributed by atoms with E-state index in [1.54, 1.807) is 6.92 Å². The zero-order chi connectivity index (χ0) is 11.7. The predicted molar refractivity (Wildman–Crippen MR) is 54.3 cm³/mol. The van der Waals surface area contributed by atoms with E-state index in [9.17, 15) is 9.59 Å². The maximum atomic E-state index is 11.9. The van der Waals surface area contributed by atoms with Crippen LogP contribution < -0.4 is 5.43 Å². The molecule has 0 saturated heterocycles. The van der Waals surface area contributed by atoms with Crippen LogP contribution in [0.15, 0.2) is 11.1 Å². The summed E-state index contributed by atoms with van der Waals surface area (Å²) in [6, 6.07) is 0. The molecule has 2 rings (SSSR count). The van der Waals surface area contributed by atoms with Gasteiger partial charge >= 0.3 is 5.97 Å². The first-order valence-corrected chi connectivity index (χ1v) is 4.73. The van der Waals surface area contributed by atoms with E-state index in [0.29, 0.717) is 11.3 Å². The second kappa shape index (κ2) is 3.76. The van der Waals surface area contributed by atoms with Crippen LogP contribution in [0.25, 0.3) is 5.65 Å². The third kappa shape index (κ3) is 1.67. The van der Waals surface area contributed by atoms with Crippen LogP contribution in [0.1, 0.15) is 17.7 Å². The Kier molecular flexibility index (Phi) is 2.43.